The molecule has 0 atom stereocenters. The van der Waals surface area contributed by atoms with Gasteiger partial charge in [-0.25, -0.2) is 4.39 Å². The van der Waals surface area contributed by atoms with E-state index in [1.807, 2.05) is 19.2 Å². The second kappa shape index (κ2) is 5.85. The van der Waals surface area contributed by atoms with Crippen molar-refractivity contribution in [1.29, 1.82) is 0 Å². The summed E-state index contributed by atoms with van der Waals surface area (Å²) in [5.74, 6) is -0.234. The summed E-state index contributed by atoms with van der Waals surface area (Å²) in [6.45, 7) is 3.14. The molecule has 19 heavy (non-hydrogen) atoms. The van der Waals surface area contributed by atoms with Crippen molar-refractivity contribution in [2.75, 3.05) is 11.9 Å². The molecule has 0 fully saturated rings. The lowest BCUT2D eigenvalue weighted by molar-refractivity contribution is 0.624. The standard InChI is InChI=1S/C16H19FN2/c1-12-4-3-5-16(8-12)19(2)11-13-6-7-15(17)9-14(13)10-18/h3-9H,10-11,18H2,1-2H3. The van der Waals surface area contributed by atoms with Gasteiger partial charge in [-0.1, -0.05) is 18.2 Å². The first kappa shape index (κ1) is 13.6. The van der Waals surface area contributed by atoms with Crippen molar-refractivity contribution in [1.82, 2.24) is 0 Å². The Kier molecular flexibility index (Phi) is 4.17. The third-order valence-corrected chi connectivity index (χ3v) is 3.24. The molecule has 0 saturated carbocycles. The molecule has 0 saturated heterocycles. The number of rotatable bonds is 4. The first-order valence-electron chi connectivity index (χ1n) is 6.35. The molecule has 2 nitrogen and oxygen atoms in total. The van der Waals surface area contributed by atoms with Crippen LogP contribution in [0.4, 0.5) is 10.1 Å². The highest BCUT2D eigenvalue weighted by Crippen LogP contribution is 2.19. The van der Waals surface area contributed by atoms with E-state index in [1.54, 1.807) is 0 Å². The molecule has 0 aliphatic rings. The van der Waals surface area contributed by atoms with E-state index in [4.69, 9.17) is 5.73 Å². The topological polar surface area (TPSA) is 29.3 Å². The van der Waals surface area contributed by atoms with Crippen LogP contribution in [-0.2, 0) is 13.1 Å². The SMILES string of the molecule is Cc1cccc(N(C)Cc2ccc(F)cc2CN)c1. The molecule has 2 rings (SSSR count). The number of aryl methyl sites for hydroxylation is 1. The van der Waals surface area contributed by atoms with E-state index in [2.05, 4.69) is 30.0 Å². The molecule has 3 heteroatoms. The Balaban J connectivity index is 2.21. The van der Waals surface area contributed by atoms with E-state index < -0.39 is 0 Å². The van der Waals surface area contributed by atoms with Gasteiger partial charge in [0, 0.05) is 25.8 Å². The summed E-state index contributed by atoms with van der Waals surface area (Å²) in [7, 11) is 2.03. The minimum Gasteiger partial charge on any atom is -0.370 e. The lowest BCUT2D eigenvalue weighted by Crippen LogP contribution is -2.18. The molecule has 0 aromatic heterocycles. The van der Waals surface area contributed by atoms with Crippen LogP contribution in [0.2, 0.25) is 0 Å². The highest BCUT2D eigenvalue weighted by atomic mass is 19.1. The number of hydrogen-bond donors (Lipinski definition) is 1. The van der Waals surface area contributed by atoms with Crippen LogP contribution in [0, 0.1) is 12.7 Å². The predicted octanol–water partition coefficient (Wildman–Crippen LogP) is 3.23. The smallest absolute Gasteiger partial charge is 0.123 e. The summed E-state index contributed by atoms with van der Waals surface area (Å²) in [6.07, 6.45) is 0. The van der Waals surface area contributed by atoms with Gasteiger partial charge in [-0.15, -0.1) is 0 Å². The van der Waals surface area contributed by atoms with Gasteiger partial charge in [0.2, 0.25) is 0 Å². The number of nitrogens with two attached hydrogens (primary N) is 1. The van der Waals surface area contributed by atoms with Crippen molar-refractivity contribution >= 4 is 5.69 Å². The number of nitrogens with zero attached hydrogens (tertiary/aromatic N) is 1. The van der Waals surface area contributed by atoms with Crippen LogP contribution >= 0.6 is 0 Å². The van der Waals surface area contributed by atoms with Crippen LogP contribution < -0.4 is 10.6 Å². The normalized spacial score (nSPS) is 10.5. The van der Waals surface area contributed by atoms with Gasteiger partial charge < -0.3 is 10.6 Å². The Morgan fingerprint density at radius 2 is 1.89 bits per heavy atom. The molecule has 0 amide bonds. The lowest BCUT2D eigenvalue weighted by Gasteiger charge is -2.21. The van der Waals surface area contributed by atoms with Crippen LogP contribution in [0.5, 0.6) is 0 Å². The van der Waals surface area contributed by atoms with Crippen molar-refractivity contribution in [3.05, 3.63) is 65.0 Å². The maximum absolute atomic E-state index is 13.2. The molecule has 2 aromatic carbocycles. The van der Waals surface area contributed by atoms with E-state index in [0.717, 1.165) is 23.4 Å². The first-order valence-corrected chi connectivity index (χ1v) is 6.35. The largest absolute Gasteiger partial charge is 0.370 e. The molecule has 0 unspecified atom stereocenters. The Morgan fingerprint density at radius 3 is 2.58 bits per heavy atom. The molecule has 0 aliphatic carbocycles. The highest BCUT2D eigenvalue weighted by Gasteiger charge is 2.07. The molecular formula is C16H19FN2. The monoisotopic (exact) mass is 258 g/mol. The second-order valence-corrected chi connectivity index (χ2v) is 4.81. The predicted molar refractivity (Wildman–Crippen MR) is 77.6 cm³/mol. The van der Waals surface area contributed by atoms with Crippen molar-refractivity contribution in [3.63, 3.8) is 0 Å². The number of hydrogen-bond acceptors (Lipinski definition) is 2. The molecule has 0 bridgehead atoms. The minimum absolute atomic E-state index is 0.234. The minimum atomic E-state index is -0.234. The summed E-state index contributed by atoms with van der Waals surface area (Å²) >= 11 is 0. The van der Waals surface area contributed by atoms with E-state index in [-0.39, 0.29) is 5.82 Å². The fraction of sp³-hybridized carbons (Fsp3) is 0.250. The maximum atomic E-state index is 13.2. The van der Waals surface area contributed by atoms with Crippen LogP contribution in [-0.4, -0.2) is 7.05 Å². The van der Waals surface area contributed by atoms with Crippen molar-refractivity contribution in [2.24, 2.45) is 5.73 Å². The number of benzene rings is 2. The Labute approximate surface area is 113 Å². The summed E-state index contributed by atoms with van der Waals surface area (Å²) in [5.41, 5.74) is 9.97. The van der Waals surface area contributed by atoms with E-state index in [9.17, 15) is 4.39 Å². The van der Waals surface area contributed by atoms with Crippen molar-refractivity contribution < 1.29 is 4.39 Å². The Bertz CT molecular complexity index is 566. The van der Waals surface area contributed by atoms with Gasteiger partial charge in [0.25, 0.3) is 0 Å². The molecule has 2 N–H and O–H groups in total. The van der Waals surface area contributed by atoms with E-state index in [0.29, 0.717) is 6.54 Å². The fourth-order valence-corrected chi connectivity index (χ4v) is 2.15. The third kappa shape index (κ3) is 3.32. The first-order chi connectivity index (χ1) is 9.10. The molecule has 0 aliphatic heterocycles. The molecular weight excluding hydrogens is 239 g/mol. The molecule has 0 spiro atoms. The molecule has 0 radical (unpaired) electrons. The number of anilines is 1. The Hall–Kier alpha value is -1.87. The average Bonchev–Trinajstić information content (AvgIpc) is 2.40. The summed E-state index contributed by atoms with van der Waals surface area (Å²) in [6, 6.07) is 13.1. The number of halogens is 1. The van der Waals surface area contributed by atoms with Gasteiger partial charge in [0.15, 0.2) is 0 Å². The molecule has 100 valence electrons. The van der Waals surface area contributed by atoms with Gasteiger partial charge in [-0.05, 0) is 47.9 Å². The third-order valence-electron chi connectivity index (χ3n) is 3.24. The zero-order valence-electron chi connectivity index (χ0n) is 11.4. The highest BCUT2D eigenvalue weighted by molar-refractivity contribution is 5.48. The average molecular weight is 258 g/mol. The van der Waals surface area contributed by atoms with Gasteiger partial charge in [0.1, 0.15) is 5.82 Å². The van der Waals surface area contributed by atoms with Crippen LogP contribution in [0.1, 0.15) is 16.7 Å². The summed E-state index contributed by atoms with van der Waals surface area (Å²) < 4.78 is 13.2. The van der Waals surface area contributed by atoms with Gasteiger partial charge in [-0.2, -0.15) is 0 Å². The van der Waals surface area contributed by atoms with Crippen molar-refractivity contribution in [2.45, 2.75) is 20.0 Å². The summed E-state index contributed by atoms with van der Waals surface area (Å²) in [5, 5.41) is 0. The van der Waals surface area contributed by atoms with Crippen LogP contribution in [0.3, 0.4) is 0 Å². The van der Waals surface area contributed by atoms with Gasteiger partial charge >= 0.3 is 0 Å². The maximum Gasteiger partial charge on any atom is 0.123 e. The van der Waals surface area contributed by atoms with E-state index >= 15 is 0 Å². The second-order valence-electron chi connectivity index (χ2n) is 4.81. The Morgan fingerprint density at radius 1 is 1.11 bits per heavy atom. The van der Waals surface area contributed by atoms with Crippen molar-refractivity contribution in [3.8, 4) is 0 Å². The lowest BCUT2D eigenvalue weighted by atomic mass is 10.1. The van der Waals surface area contributed by atoms with Gasteiger partial charge in [0.05, 0.1) is 0 Å². The van der Waals surface area contributed by atoms with E-state index in [1.165, 1.54) is 17.7 Å². The molecule has 2 aromatic rings. The quantitative estimate of drug-likeness (QED) is 0.912. The van der Waals surface area contributed by atoms with Crippen LogP contribution in [0.25, 0.3) is 0 Å². The zero-order chi connectivity index (χ0) is 13.8. The van der Waals surface area contributed by atoms with Crippen LogP contribution in [0.15, 0.2) is 42.5 Å². The zero-order valence-corrected chi connectivity index (χ0v) is 11.4. The molecule has 0 heterocycles. The van der Waals surface area contributed by atoms with Gasteiger partial charge in [-0.3, -0.25) is 0 Å². The summed E-state index contributed by atoms with van der Waals surface area (Å²) in [4.78, 5) is 2.14. The fourth-order valence-electron chi connectivity index (χ4n) is 2.15.